The summed E-state index contributed by atoms with van der Waals surface area (Å²) in [6.07, 6.45) is 0. The number of carbonyl (C=O) groups is 2. The number of nitrogens with zero attached hydrogens (tertiary/aromatic N) is 1. The van der Waals surface area contributed by atoms with Gasteiger partial charge in [-0.25, -0.2) is 0 Å². The fraction of sp³-hybridized carbons (Fsp3) is 0.273. The van der Waals surface area contributed by atoms with Gasteiger partial charge in [-0.2, -0.15) is 0 Å². The SMILES string of the molecule is CC(=O)Nc1cc(NC(C)=O)c([N+](=O)[O-])cc1C. The van der Waals surface area contributed by atoms with Gasteiger partial charge in [0.2, 0.25) is 11.8 Å². The van der Waals surface area contributed by atoms with Crippen LogP contribution in [0.1, 0.15) is 19.4 Å². The Bertz CT molecular complexity index is 525. The Morgan fingerprint density at radius 1 is 1.11 bits per heavy atom. The molecule has 96 valence electrons. The molecule has 1 rings (SSSR count). The molecular weight excluding hydrogens is 238 g/mol. The lowest BCUT2D eigenvalue weighted by Gasteiger charge is -2.10. The van der Waals surface area contributed by atoms with Crippen molar-refractivity contribution < 1.29 is 14.5 Å². The van der Waals surface area contributed by atoms with Crippen LogP contribution in [0.15, 0.2) is 12.1 Å². The van der Waals surface area contributed by atoms with Gasteiger partial charge in [0, 0.05) is 25.6 Å². The van der Waals surface area contributed by atoms with Crippen LogP contribution < -0.4 is 10.6 Å². The Labute approximate surface area is 103 Å². The van der Waals surface area contributed by atoms with Gasteiger partial charge in [-0.15, -0.1) is 0 Å². The van der Waals surface area contributed by atoms with Gasteiger partial charge in [0.1, 0.15) is 5.69 Å². The number of anilines is 2. The highest BCUT2D eigenvalue weighted by Crippen LogP contribution is 2.31. The van der Waals surface area contributed by atoms with Gasteiger partial charge in [-0.3, -0.25) is 19.7 Å². The van der Waals surface area contributed by atoms with Crippen molar-refractivity contribution in [2.75, 3.05) is 10.6 Å². The molecule has 0 spiro atoms. The molecule has 0 radical (unpaired) electrons. The smallest absolute Gasteiger partial charge is 0.293 e. The van der Waals surface area contributed by atoms with E-state index < -0.39 is 10.8 Å². The maximum Gasteiger partial charge on any atom is 0.293 e. The van der Waals surface area contributed by atoms with E-state index in [2.05, 4.69) is 10.6 Å². The summed E-state index contributed by atoms with van der Waals surface area (Å²) in [6.45, 7) is 4.22. The summed E-state index contributed by atoms with van der Waals surface area (Å²) < 4.78 is 0. The standard InChI is InChI=1S/C11H13N3O4/c1-6-4-11(14(17)18)10(13-8(3)16)5-9(6)12-7(2)15/h4-5H,1-3H3,(H,12,15)(H,13,16). The summed E-state index contributed by atoms with van der Waals surface area (Å²) in [5.74, 6) is -0.712. The molecule has 7 heteroatoms. The monoisotopic (exact) mass is 251 g/mol. The molecule has 0 saturated heterocycles. The van der Waals surface area contributed by atoms with Crippen molar-refractivity contribution in [3.63, 3.8) is 0 Å². The minimum Gasteiger partial charge on any atom is -0.326 e. The van der Waals surface area contributed by atoms with Crippen molar-refractivity contribution in [3.05, 3.63) is 27.8 Å². The molecule has 0 atom stereocenters. The maximum absolute atomic E-state index is 11.0. The molecule has 0 aromatic heterocycles. The van der Waals surface area contributed by atoms with Gasteiger partial charge >= 0.3 is 0 Å². The molecule has 0 aliphatic heterocycles. The van der Waals surface area contributed by atoms with Crippen LogP contribution in [-0.2, 0) is 9.59 Å². The van der Waals surface area contributed by atoms with E-state index in [4.69, 9.17) is 0 Å². The fourth-order valence-corrected chi connectivity index (χ4v) is 1.46. The van der Waals surface area contributed by atoms with E-state index in [0.29, 0.717) is 11.3 Å². The number of hydrogen-bond acceptors (Lipinski definition) is 4. The van der Waals surface area contributed by atoms with E-state index >= 15 is 0 Å². The number of nitro benzene ring substituents is 1. The number of rotatable bonds is 3. The zero-order valence-electron chi connectivity index (χ0n) is 10.2. The zero-order chi connectivity index (χ0) is 13.9. The van der Waals surface area contributed by atoms with E-state index in [9.17, 15) is 19.7 Å². The van der Waals surface area contributed by atoms with Crippen molar-refractivity contribution >= 4 is 28.9 Å². The Kier molecular flexibility index (Phi) is 3.98. The van der Waals surface area contributed by atoms with E-state index in [1.807, 2.05) is 0 Å². The van der Waals surface area contributed by atoms with Gasteiger partial charge < -0.3 is 10.6 Å². The third-order valence-electron chi connectivity index (χ3n) is 2.16. The van der Waals surface area contributed by atoms with Gasteiger partial charge in [0.15, 0.2) is 0 Å². The lowest BCUT2D eigenvalue weighted by Crippen LogP contribution is -2.11. The zero-order valence-corrected chi connectivity index (χ0v) is 10.2. The first kappa shape index (κ1) is 13.6. The second-order valence-electron chi connectivity index (χ2n) is 3.80. The number of hydrogen-bond donors (Lipinski definition) is 2. The van der Waals surface area contributed by atoms with Crippen molar-refractivity contribution in [2.45, 2.75) is 20.8 Å². The molecule has 0 unspecified atom stereocenters. The average Bonchev–Trinajstić information content (AvgIpc) is 2.20. The van der Waals surface area contributed by atoms with Gasteiger partial charge in [0.05, 0.1) is 4.92 Å². The molecule has 1 aromatic carbocycles. The highest BCUT2D eigenvalue weighted by molar-refractivity contribution is 5.95. The molecule has 0 aliphatic rings. The number of nitro groups is 1. The average molecular weight is 251 g/mol. The maximum atomic E-state index is 11.0. The quantitative estimate of drug-likeness (QED) is 0.631. The minimum absolute atomic E-state index is 0.0573. The number of carbonyl (C=O) groups excluding carboxylic acids is 2. The Hall–Kier alpha value is -2.44. The molecule has 7 nitrogen and oxygen atoms in total. The predicted molar refractivity (Wildman–Crippen MR) is 66.4 cm³/mol. The highest BCUT2D eigenvalue weighted by Gasteiger charge is 2.17. The molecule has 0 saturated carbocycles. The number of aryl methyl sites for hydroxylation is 1. The predicted octanol–water partition coefficient (Wildman–Crippen LogP) is 1.82. The summed E-state index contributed by atoms with van der Waals surface area (Å²) in [4.78, 5) is 32.2. The number of amides is 2. The largest absolute Gasteiger partial charge is 0.326 e. The molecule has 0 heterocycles. The molecule has 0 bridgehead atoms. The number of benzene rings is 1. The summed E-state index contributed by atoms with van der Waals surface area (Å²) in [5, 5.41) is 15.8. The third-order valence-corrected chi connectivity index (χ3v) is 2.16. The topological polar surface area (TPSA) is 101 Å². The van der Waals surface area contributed by atoms with E-state index in [1.54, 1.807) is 6.92 Å². The second kappa shape index (κ2) is 5.26. The van der Waals surface area contributed by atoms with E-state index in [1.165, 1.54) is 26.0 Å². The first-order chi connectivity index (χ1) is 8.31. The van der Waals surface area contributed by atoms with E-state index in [-0.39, 0.29) is 17.3 Å². The summed E-state index contributed by atoms with van der Waals surface area (Å²) >= 11 is 0. The highest BCUT2D eigenvalue weighted by atomic mass is 16.6. The minimum atomic E-state index is -0.587. The van der Waals surface area contributed by atoms with Crippen molar-refractivity contribution in [2.24, 2.45) is 0 Å². The number of nitrogens with one attached hydrogen (secondary N) is 2. The lowest BCUT2D eigenvalue weighted by atomic mass is 10.1. The Balaban J connectivity index is 3.30. The van der Waals surface area contributed by atoms with Crippen LogP contribution in [-0.4, -0.2) is 16.7 Å². The van der Waals surface area contributed by atoms with Gasteiger partial charge in [-0.05, 0) is 18.6 Å². The third kappa shape index (κ3) is 3.27. The Morgan fingerprint density at radius 3 is 2.06 bits per heavy atom. The van der Waals surface area contributed by atoms with Crippen LogP contribution in [0.3, 0.4) is 0 Å². The molecule has 2 amide bonds. The van der Waals surface area contributed by atoms with Crippen molar-refractivity contribution in [1.82, 2.24) is 0 Å². The van der Waals surface area contributed by atoms with E-state index in [0.717, 1.165) is 0 Å². The van der Waals surface area contributed by atoms with Gasteiger partial charge in [-0.1, -0.05) is 0 Å². The second-order valence-corrected chi connectivity index (χ2v) is 3.80. The van der Waals surface area contributed by atoms with Crippen LogP contribution in [0.4, 0.5) is 17.1 Å². The van der Waals surface area contributed by atoms with Crippen LogP contribution in [0, 0.1) is 17.0 Å². The summed E-state index contributed by atoms with van der Waals surface area (Å²) in [7, 11) is 0. The molecular formula is C11H13N3O4. The van der Waals surface area contributed by atoms with Crippen LogP contribution in [0.5, 0.6) is 0 Å². The fourth-order valence-electron chi connectivity index (χ4n) is 1.46. The molecule has 0 fully saturated rings. The van der Waals surface area contributed by atoms with Crippen LogP contribution in [0.2, 0.25) is 0 Å². The normalized spacial score (nSPS) is 9.72. The first-order valence-corrected chi connectivity index (χ1v) is 5.15. The van der Waals surface area contributed by atoms with Crippen molar-refractivity contribution in [1.29, 1.82) is 0 Å². The summed E-state index contributed by atoms with van der Waals surface area (Å²) in [5.41, 5.74) is 0.821. The van der Waals surface area contributed by atoms with Gasteiger partial charge in [0.25, 0.3) is 5.69 Å². The van der Waals surface area contributed by atoms with Crippen LogP contribution >= 0.6 is 0 Å². The molecule has 18 heavy (non-hydrogen) atoms. The van der Waals surface area contributed by atoms with Crippen LogP contribution in [0.25, 0.3) is 0 Å². The summed E-state index contributed by atoms with van der Waals surface area (Å²) in [6, 6.07) is 2.67. The molecule has 2 N–H and O–H groups in total. The van der Waals surface area contributed by atoms with Crippen molar-refractivity contribution in [3.8, 4) is 0 Å². The first-order valence-electron chi connectivity index (χ1n) is 5.15. The molecule has 0 aliphatic carbocycles. The lowest BCUT2D eigenvalue weighted by molar-refractivity contribution is -0.384. The molecule has 1 aromatic rings. The Morgan fingerprint density at radius 2 is 1.61 bits per heavy atom.